The van der Waals surface area contributed by atoms with E-state index in [1.165, 1.54) is 60.8 Å². The summed E-state index contributed by atoms with van der Waals surface area (Å²) in [7, 11) is 0. The lowest BCUT2D eigenvalue weighted by Gasteiger charge is -2.26. The summed E-state index contributed by atoms with van der Waals surface area (Å²) in [6, 6.07) is 74.2. The van der Waals surface area contributed by atoms with Crippen LogP contribution in [0, 0.1) is 0 Å². The average Bonchev–Trinajstić information content (AvgIpc) is 3.53. The minimum Gasteiger partial charge on any atom is -0.336 e. The van der Waals surface area contributed by atoms with Gasteiger partial charge < -0.3 is 9.47 Å². The number of hydrogen-bond acceptors (Lipinski definition) is 1. The van der Waals surface area contributed by atoms with E-state index in [4.69, 9.17) is 0 Å². The monoisotopic (exact) mass is 652 g/mol. The van der Waals surface area contributed by atoms with Gasteiger partial charge in [0.15, 0.2) is 0 Å². The van der Waals surface area contributed by atoms with Crippen LogP contribution in [-0.4, -0.2) is 4.57 Å². The standard InChI is InChI=1S/C49H36N2/c1-3-11-37(12-4-1)40-23-29-43(30-24-40)51(44-31-25-41(26-32-44)38-13-5-2-6-14-38)45-33-27-42(28-34-45)39-21-19-36(20-22-39)35-50-48-17-9-7-15-46(48)47-16-8-10-18-49(47)50/h1-34H,35H2. The van der Waals surface area contributed by atoms with Crippen molar-refractivity contribution in [1.29, 1.82) is 0 Å². The first kappa shape index (κ1) is 30.4. The third kappa shape index (κ3) is 5.98. The van der Waals surface area contributed by atoms with Gasteiger partial charge in [0.1, 0.15) is 0 Å². The van der Waals surface area contributed by atoms with E-state index in [1.54, 1.807) is 0 Å². The largest absolute Gasteiger partial charge is 0.336 e. The Morgan fingerprint density at radius 3 is 1.00 bits per heavy atom. The molecule has 0 aliphatic rings. The fourth-order valence-corrected chi connectivity index (χ4v) is 7.28. The molecule has 2 nitrogen and oxygen atoms in total. The van der Waals surface area contributed by atoms with Gasteiger partial charge in [-0.3, -0.25) is 0 Å². The summed E-state index contributed by atoms with van der Waals surface area (Å²) >= 11 is 0. The second kappa shape index (κ2) is 13.3. The van der Waals surface area contributed by atoms with Crippen molar-refractivity contribution >= 4 is 38.9 Å². The number of fused-ring (bicyclic) bond motifs is 3. The maximum atomic E-state index is 2.43. The van der Waals surface area contributed by atoms with E-state index in [0.717, 1.165) is 23.6 Å². The Labute approximate surface area is 299 Å². The highest BCUT2D eigenvalue weighted by Gasteiger charge is 2.14. The van der Waals surface area contributed by atoms with Gasteiger partial charge in [0.05, 0.1) is 0 Å². The maximum Gasteiger partial charge on any atom is 0.0494 e. The number of nitrogens with zero attached hydrogens (tertiary/aromatic N) is 2. The summed E-state index contributed by atoms with van der Waals surface area (Å²) in [6.45, 7) is 0.828. The number of para-hydroxylation sites is 2. The highest BCUT2D eigenvalue weighted by atomic mass is 15.1. The van der Waals surface area contributed by atoms with Crippen LogP contribution in [0.15, 0.2) is 206 Å². The highest BCUT2D eigenvalue weighted by Crippen LogP contribution is 2.38. The summed E-state index contributed by atoms with van der Waals surface area (Å²) in [5.74, 6) is 0. The van der Waals surface area contributed by atoms with Gasteiger partial charge in [-0.2, -0.15) is 0 Å². The average molecular weight is 653 g/mol. The lowest BCUT2D eigenvalue weighted by Crippen LogP contribution is -2.09. The van der Waals surface area contributed by atoms with Gasteiger partial charge in [0.25, 0.3) is 0 Å². The Balaban J connectivity index is 1.01. The predicted molar refractivity (Wildman–Crippen MR) is 216 cm³/mol. The summed E-state index contributed by atoms with van der Waals surface area (Å²) in [6.07, 6.45) is 0. The van der Waals surface area contributed by atoms with Gasteiger partial charge in [-0.25, -0.2) is 0 Å². The molecule has 0 saturated carbocycles. The number of benzene rings is 8. The lowest BCUT2D eigenvalue weighted by atomic mass is 10.0. The number of rotatable bonds is 8. The van der Waals surface area contributed by atoms with E-state index in [-0.39, 0.29) is 0 Å². The fourth-order valence-electron chi connectivity index (χ4n) is 7.28. The molecule has 0 fully saturated rings. The first-order chi connectivity index (χ1) is 25.3. The van der Waals surface area contributed by atoms with E-state index in [9.17, 15) is 0 Å². The molecule has 0 aliphatic heterocycles. The second-order valence-electron chi connectivity index (χ2n) is 13.0. The molecule has 0 radical (unpaired) electrons. The summed E-state index contributed by atoms with van der Waals surface area (Å²) in [5, 5.41) is 2.61. The minimum absolute atomic E-state index is 0.828. The van der Waals surface area contributed by atoms with Crippen molar-refractivity contribution in [3.63, 3.8) is 0 Å². The molecule has 0 amide bonds. The first-order valence-electron chi connectivity index (χ1n) is 17.5. The molecule has 0 atom stereocenters. The van der Waals surface area contributed by atoms with Gasteiger partial charge in [-0.15, -0.1) is 0 Å². The molecule has 0 bridgehead atoms. The third-order valence-electron chi connectivity index (χ3n) is 9.90. The maximum absolute atomic E-state index is 2.43. The molecule has 0 unspecified atom stereocenters. The molecular formula is C49H36N2. The smallest absolute Gasteiger partial charge is 0.0494 e. The fraction of sp³-hybridized carbons (Fsp3) is 0.0204. The van der Waals surface area contributed by atoms with Gasteiger partial charge in [0, 0.05) is 45.4 Å². The Hall–Kier alpha value is -6.64. The molecule has 9 rings (SSSR count). The Morgan fingerprint density at radius 1 is 0.294 bits per heavy atom. The summed E-state index contributed by atoms with van der Waals surface area (Å²) in [4.78, 5) is 2.34. The van der Waals surface area contributed by atoms with Crippen LogP contribution in [0.5, 0.6) is 0 Å². The molecule has 2 heteroatoms. The topological polar surface area (TPSA) is 8.17 Å². The summed E-state index contributed by atoms with van der Waals surface area (Å²) in [5.41, 5.74) is 14.4. The van der Waals surface area contributed by atoms with Gasteiger partial charge in [0.2, 0.25) is 0 Å². The molecule has 242 valence electrons. The van der Waals surface area contributed by atoms with Crippen molar-refractivity contribution in [1.82, 2.24) is 4.57 Å². The van der Waals surface area contributed by atoms with E-state index in [0.29, 0.717) is 0 Å². The van der Waals surface area contributed by atoms with Crippen LogP contribution < -0.4 is 4.90 Å². The Bertz CT molecular complexity index is 2410. The molecule has 0 N–H and O–H groups in total. The van der Waals surface area contributed by atoms with E-state index < -0.39 is 0 Å². The van der Waals surface area contributed by atoms with Crippen LogP contribution in [-0.2, 0) is 6.54 Å². The van der Waals surface area contributed by atoms with Crippen molar-refractivity contribution < 1.29 is 0 Å². The van der Waals surface area contributed by atoms with E-state index in [1.807, 2.05) is 0 Å². The van der Waals surface area contributed by atoms with Crippen molar-refractivity contribution in [3.8, 4) is 33.4 Å². The Kier molecular flexibility index (Phi) is 7.96. The first-order valence-corrected chi connectivity index (χ1v) is 17.5. The second-order valence-corrected chi connectivity index (χ2v) is 13.0. The predicted octanol–water partition coefficient (Wildman–Crippen LogP) is 13.3. The normalized spacial score (nSPS) is 11.2. The lowest BCUT2D eigenvalue weighted by molar-refractivity contribution is 0.869. The Morgan fingerprint density at radius 2 is 0.608 bits per heavy atom. The van der Waals surface area contributed by atoms with Crippen LogP contribution in [0.3, 0.4) is 0 Å². The van der Waals surface area contributed by atoms with Crippen molar-refractivity contribution in [2.24, 2.45) is 0 Å². The van der Waals surface area contributed by atoms with Crippen molar-refractivity contribution in [2.75, 3.05) is 4.90 Å². The van der Waals surface area contributed by atoms with Crippen molar-refractivity contribution in [3.05, 3.63) is 212 Å². The van der Waals surface area contributed by atoms with Crippen LogP contribution in [0.25, 0.3) is 55.2 Å². The van der Waals surface area contributed by atoms with Crippen LogP contribution in [0.1, 0.15) is 5.56 Å². The number of anilines is 3. The minimum atomic E-state index is 0.828. The molecular weight excluding hydrogens is 617 g/mol. The zero-order chi connectivity index (χ0) is 34.0. The third-order valence-corrected chi connectivity index (χ3v) is 9.90. The van der Waals surface area contributed by atoms with Gasteiger partial charge in [-0.1, -0.05) is 158 Å². The molecule has 0 saturated heterocycles. The summed E-state index contributed by atoms with van der Waals surface area (Å²) < 4.78 is 2.43. The zero-order valence-corrected chi connectivity index (χ0v) is 28.2. The molecule has 1 heterocycles. The van der Waals surface area contributed by atoms with E-state index in [2.05, 4.69) is 216 Å². The number of hydrogen-bond donors (Lipinski definition) is 0. The van der Waals surface area contributed by atoms with Gasteiger partial charge >= 0.3 is 0 Å². The van der Waals surface area contributed by atoms with Crippen LogP contribution in [0.2, 0.25) is 0 Å². The molecule has 51 heavy (non-hydrogen) atoms. The quantitative estimate of drug-likeness (QED) is 0.159. The molecule has 1 aromatic heterocycles. The SMILES string of the molecule is c1ccc(-c2ccc(N(c3ccc(-c4ccccc4)cc3)c3ccc(-c4ccc(Cn5c6ccccc6c6ccccc65)cc4)cc3)cc2)cc1. The van der Waals surface area contributed by atoms with Gasteiger partial charge in [-0.05, 0) is 87.5 Å². The zero-order valence-electron chi connectivity index (χ0n) is 28.2. The molecule has 0 aliphatic carbocycles. The van der Waals surface area contributed by atoms with E-state index >= 15 is 0 Å². The number of aromatic nitrogens is 1. The highest BCUT2D eigenvalue weighted by molar-refractivity contribution is 6.08. The van der Waals surface area contributed by atoms with Crippen molar-refractivity contribution in [2.45, 2.75) is 6.54 Å². The molecule has 8 aromatic carbocycles. The molecule has 9 aromatic rings. The van der Waals surface area contributed by atoms with Crippen LogP contribution in [0.4, 0.5) is 17.1 Å². The molecule has 0 spiro atoms. The van der Waals surface area contributed by atoms with Crippen LogP contribution >= 0.6 is 0 Å².